The predicted molar refractivity (Wildman–Crippen MR) is 72.6 cm³/mol. The number of nitrogens with two attached hydrogens (primary N) is 1. The highest BCUT2D eigenvalue weighted by molar-refractivity contribution is 5.82. The van der Waals surface area contributed by atoms with Gasteiger partial charge in [-0.25, -0.2) is 0 Å². The summed E-state index contributed by atoms with van der Waals surface area (Å²) in [6, 6.07) is 6.41. The van der Waals surface area contributed by atoms with E-state index in [1.54, 1.807) is 0 Å². The van der Waals surface area contributed by atoms with Gasteiger partial charge < -0.3 is 16.0 Å². The van der Waals surface area contributed by atoms with Crippen LogP contribution < -0.4 is 16.0 Å². The lowest BCUT2D eigenvalue weighted by molar-refractivity contribution is -0.119. The molecule has 4 nitrogen and oxygen atoms in total. The van der Waals surface area contributed by atoms with Gasteiger partial charge in [-0.1, -0.05) is 0 Å². The number of aryl methyl sites for hydroxylation is 1. The van der Waals surface area contributed by atoms with E-state index < -0.39 is 0 Å². The van der Waals surface area contributed by atoms with Gasteiger partial charge in [0.25, 0.3) is 0 Å². The van der Waals surface area contributed by atoms with Gasteiger partial charge in [-0.2, -0.15) is 0 Å². The third kappa shape index (κ3) is 2.42. The van der Waals surface area contributed by atoms with E-state index in [4.69, 9.17) is 5.73 Å². The Morgan fingerprint density at radius 3 is 3.06 bits per heavy atom. The fourth-order valence-electron chi connectivity index (χ4n) is 2.53. The molecule has 1 aliphatic carbocycles. The Hall–Kier alpha value is -1.71. The van der Waals surface area contributed by atoms with Crippen LogP contribution in [0, 0.1) is 0 Å². The maximum atomic E-state index is 11.9. The Labute approximate surface area is 107 Å². The number of fused-ring (bicyclic) bond motifs is 1. The van der Waals surface area contributed by atoms with E-state index in [9.17, 15) is 4.79 Å². The lowest BCUT2D eigenvalue weighted by atomic mass is 10.0. The van der Waals surface area contributed by atoms with Gasteiger partial charge in [0.15, 0.2) is 0 Å². The van der Waals surface area contributed by atoms with Crippen molar-refractivity contribution in [1.82, 2.24) is 5.32 Å². The molecule has 1 aromatic carbocycles. The fraction of sp³-hybridized carbons (Fsp3) is 0.500. The molecule has 3 N–H and O–H groups in total. The molecule has 0 atom stereocenters. The summed E-state index contributed by atoms with van der Waals surface area (Å²) in [7, 11) is 0. The Morgan fingerprint density at radius 2 is 2.28 bits per heavy atom. The van der Waals surface area contributed by atoms with Crippen molar-refractivity contribution in [2.45, 2.75) is 31.7 Å². The minimum atomic E-state index is 0.141. The molecule has 0 spiro atoms. The molecule has 1 amide bonds. The molecule has 3 rings (SSSR count). The molecule has 0 radical (unpaired) electrons. The van der Waals surface area contributed by atoms with Gasteiger partial charge in [0, 0.05) is 24.0 Å². The van der Waals surface area contributed by atoms with Crippen molar-refractivity contribution >= 4 is 17.3 Å². The fourth-order valence-corrected chi connectivity index (χ4v) is 2.53. The summed E-state index contributed by atoms with van der Waals surface area (Å²) >= 11 is 0. The van der Waals surface area contributed by atoms with Crippen molar-refractivity contribution in [3.05, 3.63) is 23.8 Å². The van der Waals surface area contributed by atoms with Crippen LogP contribution in [-0.4, -0.2) is 25.0 Å². The number of carbonyl (C=O) groups excluding carboxylic acids is 1. The van der Waals surface area contributed by atoms with E-state index in [0.717, 1.165) is 37.9 Å². The van der Waals surface area contributed by atoms with Crippen LogP contribution in [0.15, 0.2) is 18.2 Å². The quantitative estimate of drug-likeness (QED) is 0.789. The largest absolute Gasteiger partial charge is 0.399 e. The number of amides is 1. The number of hydrogen-bond donors (Lipinski definition) is 2. The first kappa shape index (κ1) is 11.4. The average Bonchev–Trinajstić information content (AvgIpc) is 3.12. The number of nitrogens with one attached hydrogen (secondary N) is 1. The minimum Gasteiger partial charge on any atom is -0.399 e. The monoisotopic (exact) mass is 245 g/mol. The van der Waals surface area contributed by atoms with Crippen LogP contribution in [0.25, 0.3) is 0 Å². The lowest BCUT2D eigenvalue weighted by Gasteiger charge is -2.31. The van der Waals surface area contributed by atoms with E-state index in [1.807, 2.05) is 18.2 Å². The van der Waals surface area contributed by atoms with Gasteiger partial charge in [0.05, 0.1) is 6.54 Å². The second-order valence-electron chi connectivity index (χ2n) is 5.26. The Kier molecular flexibility index (Phi) is 2.86. The van der Waals surface area contributed by atoms with Crippen LogP contribution in [0.5, 0.6) is 0 Å². The summed E-state index contributed by atoms with van der Waals surface area (Å²) in [6.45, 7) is 1.42. The van der Waals surface area contributed by atoms with Crippen molar-refractivity contribution in [3.63, 3.8) is 0 Å². The number of anilines is 2. The Balaban J connectivity index is 1.72. The standard InChI is InChI=1S/C14H19N3O/c15-11-3-6-13-10(8-11)2-1-7-17(13)9-14(18)16-12-4-5-12/h3,6,8,12H,1-2,4-5,7,9,15H2,(H,16,18). The number of benzene rings is 1. The maximum Gasteiger partial charge on any atom is 0.239 e. The Bertz CT molecular complexity index is 468. The highest BCUT2D eigenvalue weighted by Crippen LogP contribution is 2.28. The molecule has 18 heavy (non-hydrogen) atoms. The first-order chi connectivity index (χ1) is 8.72. The zero-order chi connectivity index (χ0) is 12.5. The van der Waals surface area contributed by atoms with Gasteiger partial charge in [0.1, 0.15) is 0 Å². The Morgan fingerprint density at radius 1 is 1.44 bits per heavy atom. The average molecular weight is 245 g/mol. The third-order valence-electron chi connectivity index (χ3n) is 3.60. The maximum absolute atomic E-state index is 11.9. The summed E-state index contributed by atoms with van der Waals surface area (Å²) in [5.41, 5.74) is 9.04. The number of nitrogen functional groups attached to an aromatic ring is 1. The topological polar surface area (TPSA) is 58.4 Å². The van der Waals surface area contributed by atoms with Crippen LogP contribution >= 0.6 is 0 Å². The van der Waals surface area contributed by atoms with E-state index in [-0.39, 0.29) is 5.91 Å². The smallest absolute Gasteiger partial charge is 0.239 e. The van der Waals surface area contributed by atoms with Crippen molar-refractivity contribution in [1.29, 1.82) is 0 Å². The summed E-state index contributed by atoms with van der Waals surface area (Å²) in [4.78, 5) is 14.0. The molecule has 0 bridgehead atoms. The predicted octanol–water partition coefficient (Wildman–Crippen LogP) is 1.30. The molecule has 0 aromatic heterocycles. The number of rotatable bonds is 3. The van der Waals surface area contributed by atoms with E-state index >= 15 is 0 Å². The normalized spacial score (nSPS) is 18.3. The van der Waals surface area contributed by atoms with Crippen molar-refractivity contribution in [2.24, 2.45) is 0 Å². The third-order valence-corrected chi connectivity index (χ3v) is 3.60. The van der Waals surface area contributed by atoms with Gasteiger partial charge in [0.2, 0.25) is 5.91 Å². The highest BCUT2D eigenvalue weighted by Gasteiger charge is 2.25. The van der Waals surface area contributed by atoms with Crippen molar-refractivity contribution in [2.75, 3.05) is 23.7 Å². The molecule has 1 saturated carbocycles. The van der Waals surface area contributed by atoms with Crippen LogP contribution in [-0.2, 0) is 11.2 Å². The molecule has 1 heterocycles. The van der Waals surface area contributed by atoms with Gasteiger partial charge >= 0.3 is 0 Å². The number of nitrogens with zero attached hydrogens (tertiary/aromatic N) is 1. The molecule has 1 fully saturated rings. The van der Waals surface area contributed by atoms with Crippen molar-refractivity contribution < 1.29 is 4.79 Å². The molecule has 1 aliphatic heterocycles. The molecule has 1 aromatic rings. The molecular weight excluding hydrogens is 226 g/mol. The van der Waals surface area contributed by atoms with Crippen LogP contribution in [0.4, 0.5) is 11.4 Å². The molecule has 0 unspecified atom stereocenters. The molecule has 4 heteroatoms. The molecule has 96 valence electrons. The molecule has 0 saturated heterocycles. The van der Waals surface area contributed by atoms with Gasteiger partial charge in [-0.05, 0) is 49.4 Å². The second kappa shape index (κ2) is 4.52. The van der Waals surface area contributed by atoms with Gasteiger partial charge in [-0.3, -0.25) is 4.79 Å². The first-order valence-corrected chi connectivity index (χ1v) is 6.65. The van der Waals surface area contributed by atoms with Crippen LogP contribution in [0.1, 0.15) is 24.8 Å². The van der Waals surface area contributed by atoms with Crippen LogP contribution in [0.3, 0.4) is 0 Å². The first-order valence-electron chi connectivity index (χ1n) is 6.65. The van der Waals surface area contributed by atoms with Crippen molar-refractivity contribution in [3.8, 4) is 0 Å². The van der Waals surface area contributed by atoms with E-state index in [2.05, 4.69) is 10.2 Å². The molecular formula is C14H19N3O. The lowest BCUT2D eigenvalue weighted by Crippen LogP contribution is -2.40. The second-order valence-corrected chi connectivity index (χ2v) is 5.26. The van der Waals surface area contributed by atoms with Gasteiger partial charge in [-0.15, -0.1) is 0 Å². The summed E-state index contributed by atoms with van der Waals surface area (Å²) in [6.07, 6.45) is 4.42. The zero-order valence-corrected chi connectivity index (χ0v) is 10.5. The van der Waals surface area contributed by atoms with E-state index in [0.29, 0.717) is 12.6 Å². The highest BCUT2D eigenvalue weighted by atomic mass is 16.2. The molecule has 2 aliphatic rings. The summed E-state index contributed by atoms with van der Waals surface area (Å²) in [5, 5.41) is 3.04. The SMILES string of the molecule is Nc1ccc2c(c1)CCCN2CC(=O)NC1CC1. The number of hydrogen-bond acceptors (Lipinski definition) is 3. The summed E-state index contributed by atoms with van der Waals surface area (Å²) in [5.74, 6) is 0.141. The zero-order valence-electron chi connectivity index (χ0n) is 10.5. The van der Waals surface area contributed by atoms with Crippen LogP contribution in [0.2, 0.25) is 0 Å². The number of carbonyl (C=O) groups is 1. The minimum absolute atomic E-state index is 0.141. The summed E-state index contributed by atoms with van der Waals surface area (Å²) < 4.78 is 0. The van der Waals surface area contributed by atoms with E-state index in [1.165, 1.54) is 11.3 Å².